The number of thioether (sulfide) groups is 1. The second kappa shape index (κ2) is 5.74. The quantitative estimate of drug-likeness (QED) is 0.796. The van der Waals surface area contributed by atoms with Gasteiger partial charge in [0.25, 0.3) is 0 Å². The van der Waals surface area contributed by atoms with Crippen molar-refractivity contribution < 1.29 is 0 Å². The van der Waals surface area contributed by atoms with E-state index in [2.05, 4.69) is 30.4 Å². The molecule has 2 nitrogen and oxygen atoms in total. The Hall–Kier alpha value is 0.270. The van der Waals surface area contributed by atoms with E-state index in [-0.39, 0.29) is 0 Å². The SMILES string of the molecule is CNC1CC2CCC(C1)N2CC(C)CSC. The summed E-state index contributed by atoms with van der Waals surface area (Å²) in [5.74, 6) is 2.16. The largest absolute Gasteiger partial charge is 0.317 e. The molecule has 0 saturated carbocycles. The normalized spacial score (nSPS) is 36.6. The van der Waals surface area contributed by atoms with Crippen LogP contribution >= 0.6 is 11.8 Å². The van der Waals surface area contributed by atoms with Crippen molar-refractivity contribution in [2.75, 3.05) is 25.6 Å². The van der Waals surface area contributed by atoms with Crippen molar-refractivity contribution in [3.63, 3.8) is 0 Å². The van der Waals surface area contributed by atoms with Crippen molar-refractivity contribution in [1.82, 2.24) is 10.2 Å². The smallest absolute Gasteiger partial charge is 0.0114 e. The van der Waals surface area contributed by atoms with Gasteiger partial charge < -0.3 is 5.32 Å². The van der Waals surface area contributed by atoms with E-state index in [4.69, 9.17) is 0 Å². The molecule has 3 atom stereocenters. The molecular weight excluding hydrogens is 216 g/mol. The van der Waals surface area contributed by atoms with Crippen molar-refractivity contribution in [2.24, 2.45) is 5.92 Å². The third-order valence-corrected chi connectivity index (χ3v) is 5.17. The van der Waals surface area contributed by atoms with Gasteiger partial charge in [-0.3, -0.25) is 4.90 Å². The molecule has 2 rings (SSSR count). The van der Waals surface area contributed by atoms with Crippen molar-refractivity contribution in [3.05, 3.63) is 0 Å². The first-order chi connectivity index (χ1) is 7.74. The highest BCUT2D eigenvalue weighted by atomic mass is 32.2. The summed E-state index contributed by atoms with van der Waals surface area (Å²) in [4.78, 5) is 2.81. The van der Waals surface area contributed by atoms with Crippen LogP contribution in [0.1, 0.15) is 32.6 Å². The second-order valence-corrected chi connectivity index (χ2v) is 6.51. The maximum atomic E-state index is 3.47. The van der Waals surface area contributed by atoms with Crippen molar-refractivity contribution in [1.29, 1.82) is 0 Å². The van der Waals surface area contributed by atoms with Gasteiger partial charge in [-0.1, -0.05) is 6.92 Å². The number of piperidine rings is 1. The van der Waals surface area contributed by atoms with Gasteiger partial charge in [0.15, 0.2) is 0 Å². The highest BCUT2D eigenvalue weighted by molar-refractivity contribution is 7.98. The standard InChI is InChI=1S/C13H26N2S/c1-10(9-16-3)8-15-12-4-5-13(15)7-11(6-12)14-2/h10-14H,4-9H2,1-3H3. The lowest BCUT2D eigenvalue weighted by Crippen LogP contribution is -2.49. The number of rotatable bonds is 5. The van der Waals surface area contributed by atoms with Gasteiger partial charge in [-0.2, -0.15) is 11.8 Å². The zero-order chi connectivity index (χ0) is 11.5. The monoisotopic (exact) mass is 242 g/mol. The fourth-order valence-corrected chi connectivity index (χ4v) is 4.18. The topological polar surface area (TPSA) is 15.3 Å². The molecule has 2 fully saturated rings. The average molecular weight is 242 g/mol. The van der Waals surface area contributed by atoms with Crippen LogP contribution in [0.2, 0.25) is 0 Å². The fourth-order valence-electron chi connectivity index (χ4n) is 3.51. The minimum atomic E-state index is 0.782. The Morgan fingerprint density at radius 1 is 1.31 bits per heavy atom. The molecular formula is C13H26N2S. The van der Waals surface area contributed by atoms with Crippen LogP contribution in [0.4, 0.5) is 0 Å². The summed E-state index contributed by atoms with van der Waals surface area (Å²) >= 11 is 1.99. The summed E-state index contributed by atoms with van der Waals surface area (Å²) in [5, 5.41) is 3.47. The van der Waals surface area contributed by atoms with Crippen LogP contribution in [-0.2, 0) is 0 Å². The first-order valence-electron chi connectivity index (χ1n) is 6.66. The molecule has 2 saturated heterocycles. The molecule has 0 aromatic rings. The van der Waals surface area contributed by atoms with E-state index in [1.165, 1.54) is 38.0 Å². The third kappa shape index (κ3) is 2.74. The van der Waals surface area contributed by atoms with Gasteiger partial charge in [-0.15, -0.1) is 0 Å². The minimum Gasteiger partial charge on any atom is -0.317 e. The van der Waals surface area contributed by atoms with Crippen LogP contribution < -0.4 is 5.32 Å². The first kappa shape index (κ1) is 12.7. The van der Waals surface area contributed by atoms with Gasteiger partial charge in [-0.25, -0.2) is 0 Å². The zero-order valence-corrected chi connectivity index (χ0v) is 11.7. The highest BCUT2D eigenvalue weighted by Crippen LogP contribution is 2.36. The van der Waals surface area contributed by atoms with Crippen molar-refractivity contribution >= 4 is 11.8 Å². The molecule has 1 N–H and O–H groups in total. The van der Waals surface area contributed by atoms with Crippen LogP contribution in [0.3, 0.4) is 0 Å². The maximum Gasteiger partial charge on any atom is 0.0114 e. The Kier molecular flexibility index (Phi) is 4.57. The lowest BCUT2D eigenvalue weighted by atomic mass is 9.96. The number of nitrogens with one attached hydrogen (secondary N) is 1. The van der Waals surface area contributed by atoms with Crippen LogP contribution in [0, 0.1) is 5.92 Å². The van der Waals surface area contributed by atoms with Crippen LogP contribution in [0.5, 0.6) is 0 Å². The zero-order valence-electron chi connectivity index (χ0n) is 10.9. The summed E-state index contributed by atoms with van der Waals surface area (Å²) < 4.78 is 0. The predicted octanol–water partition coefficient (Wildman–Crippen LogP) is 2.20. The Labute approximate surface area is 105 Å². The summed E-state index contributed by atoms with van der Waals surface area (Å²) in [6.45, 7) is 3.73. The van der Waals surface area contributed by atoms with E-state index in [0.717, 1.165) is 24.0 Å². The van der Waals surface area contributed by atoms with E-state index in [9.17, 15) is 0 Å². The highest BCUT2D eigenvalue weighted by Gasteiger charge is 2.40. The van der Waals surface area contributed by atoms with Gasteiger partial charge in [-0.05, 0) is 50.7 Å². The van der Waals surface area contributed by atoms with E-state index >= 15 is 0 Å². The Morgan fingerprint density at radius 2 is 1.94 bits per heavy atom. The van der Waals surface area contributed by atoms with Crippen LogP contribution in [-0.4, -0.2) is 48.6 Å². The molecule has 2 bridgehead atoms. The van der Waals surface area contributed by atoms with Crippen LogP contribution in [0.15, 0.2) is 0 Å². The van der Waals surface area contributed by atoms with Gasteiger partial charge in [0, 0.05) is 24.7 Å². The summed E-state index contributed by atoms with van der Waals surface area (Å²) in [7, 11) is 2.12. The number of hydrogen-bond acceptors (Lipinski definition) is 3. The summed E-state index contributed by atoms with van der Waals surface area (Å²) in [5.41, 5.74) is 0. The van der Waals surface area contributed by atoms with Gasteiger partial charge >= 0.3 is 0 Å². The molecule has 0 amide bonds. The molecule has 2 heterocycles. The van der Waals surface area contributed by atoms with E-state index in [1.807, 2.05) is 11.8 Å². The van der Waals surface area contributed by atoms with E-state index in [1.54, 1.807) is 0 Å². The van der Waals surface area contributed by atoms with Crippen molar-refractivity contribution in [2.45, 2.75) is 50.7 Å². The van der Waals surface area contributed by atoms with E-state index in [0.29, 0.717) is 0 Å². The summed E-state index contributed by atoms with van der Waals surface area (Å²) in [6, 6.07) is 2.53. The summed E-state index contributed by atoms with van der Waals surface area (Å²) in [6.07, 6.45) is 7.85. The van der Waals surface area contributed by atoms with Gasteiger partial charge in [0.05, 0.1) is 0 Å². The molecule has 2 aliphatic heterocycles. The molecule has 16 heavy (non-hydrogen) atoms. The Bertz CT molecular complexity index is 208. The van der Waals surface area contributed by atoms with Gasteiger partial charge in [0.1, 0.15) is 0 Å². The maximum absolute atomic E-state index is 3.47. The molecule has 0 radical (unpaired) electrons. The molecule has 0 aliphatic carbocycles. The van der Waals surface area contributed by atoms with E-state index < -0.39 is 0 Å². The molecule has 2 aliphatic rings. The lowest BCUT2D eigenvalue weighted by Gasteiger charge is -2.40. The van der Waals surface area contributed by atoms with Crippen LogP contribution in [0.25, 0.3) is 0 Å². The molecule has 3 heteroatoms. The predicted molar refractivity (Wildman–Crippen MR) is 73.1 cm³/mol. The lowest BCUT2D eigenvalue weighted by molar-refractivity contribution is 0.106. The minimum absolute atomic E-state index is 0.782. The number of fused-ring (bicyclic) bond motifs is 2. The molecule has 0 aromatic carbocycles. The second-order valence-electron chi connectivity index (χ2n) is 5.60. The molecule has 0 spiro atoms. The number of nitrogens with zero attached hydrogens (tertiary/aromatic N) is 1. The third-order valence-electron chi connectivity index (χ3n) is 4.27. The molecule has 0 aromatic heterocycles. The molecule has 94 valence electrons. The Balaban J connectivity index is 1.88. The van der Waals surface area contributed by atoms with Crippen molar-refractivity contribution in [3.8, 4) is 0 Å². The number of hydrogen-bond donors (Lipinski definition) is 1. The van der Waals surface area contributed by atoms with Gasteiger partial charge in [0.2, 0.25) is 0 Å². The fraction of sp³-hybridized carbons (Fsp3) is 1.00. The Morgan fingerprint density at radius 3 is 2.44 bits per heavy atom. The average Bonchev–Trinajstić information content (AvgIpc) is 2.52. The first-order valence-corrected chi connectivity index (χ1v) is 8.06. The molecule has 3 unspecified atom stereocenters.